The van der Waals surface area contributed by atoms with Gasteiger partial charge in [0.15, 0.2) is 5.88 Å². The van der Waals surface area contributed by atoms with Crippen LogP contribution in [-0.4, -0.2) is 41.3 Å². The van der Waals surface area contributed by atoms with E-state index < -0.39 is 17.5 Å². The molecule has 0 saturated carbocycles. The molecule has 1 aromatic carbocycles. The van der Waals surface area contributed by atoms with E-state index in [2.05, 4.69) is 27.8 Å². The summed E-state index contributed by atoms with van der Waals surface area (Å²) < 4.78 is 6.72. The van der Waals surface area contributed by atoms with Crippen LogP contribution < -0.4 is 20.7 Å². The highest BCUT2D eigenvalue weighted by atomic mass is 32.1. The number of hydrogen-bond acceptors (Lipinski definition) is 6. The van der Waals surface area contributed by atoms with Crippen LogP contribution in [0.4, 0.5) is 4.79 Å². The fourth-order valence-corrected chi connectivity index (χ4v) is 4.21. The summed E-state index contributed by atoms with van der Waals surface area (Å²) in [4.78, 5) is 26.4. The Bertz CT molecular complexity index is 1200. The molecule has 3 heterocycles. The molecule has 9 heteroatoms. The van der Waals surface area contributed by atoms with Crippen LogP contribution in [0.2, 0.25) is 0 Å². The van der Waals surface area contributed by atoms with Crippen molar-refractivity contribution < 1.29 is 19.4 Å². The second-order valence-electron chi connectivity index (χ2n) is 6.89. The zero-order valence-electron chi connectivity index (χ0n) is 16.4. The van der Waals surface area contributed by atoms with Crippen LogP contribution in [0, 0.1) is 11.8 Å². The van der Waals surface area contributed by atoms with Crippen LogP contribution >= 0.6 is 11.3 Å². The molecular formula is C21H20N4O4S. The molecule has 1 fully saturated rings. The summed E-state index contributed by atoms with van der Waals surface area (Å²) in [6.07, 6.45) is 1.71. The molecule has 4 N–H and O–H groups in total. The van der Waals surface area contributed by atoms with Gasteiger partial charge in [-0.25, -0.2) is 4.79 Å². The number of urea groups is 1. The highest BCUT2D eigenvalue weighted by Crippen LogP contribution is 2.32. The lowest BCUT2D eigenvalue weighted by atomic mass is 10.0. The van der Waals surface area contributed by atoms with Crippen molar-refractivity contribution >= 4 is 34.0 Å². The van der Waals surface area contributed by atoms with Crippen molar-refractivity contribution in [2.45, 2.75) is 18.6 Å². The van der Waals surface area contributed by atoms with E-state index in [1.807, 2.05) is 25.2 Å². The van der Waals surface area contributed by atoms with Crippen LogP contribution in [0.25, 0.3) is 10.8 Å². The molecule has 154 valence electrons. The predicted octanol–water partition coefficient (Wildman–Crippen LogP) is 1.77. The molecule has 1 aliphatic heterocycles. The lowest BCUT2D eigenvalue weighted by Crippen LogP contribution is -2.49. The zero-order chi connectivity index (χ0) is 21.3. The molecule has 1 aliphatic rings. The van der Waals surface area contributed by atoms with E-state index in [0.717, 1.165) is 21.7 Å². The number of fused-ring (bicyclic) bond motifs is 1. The highest BCUT2D eigenvalue weighted by Gasteiger charge is 2.46. The van der Waals surface area contributed by atoms with E-state index in [-0.39, 0.29) is 12.4 Å². The van der Waals surface area contributed by atoms with Gasteiger partial charge in [0, 0.05) is 28.4 Å². The third kappa shape index (κ3) is 3.58. The van der Waals surface area contributed by atoms with Crippen molar-refractivity contribution in [2.75, 3.05) is 14.2 Å². The summed E-state index contributed by atoms with van der Waals surface area (Å²) in [7, 11) is 3.41. The maximum atomic E-state index is 12.6. The number of imide groups is 1. The van der Waals surface area contributed by atoms with Crippen LogP contribution in [-0.2, 0) is 17.9 Å². The van der Waals surface area contributed by atoms with Gasteiger partial charge in [-0.3, -0.25) is 10.1 Å². The van der Waals surface area contributed by atoms with Crippen LogP contribution in [0.5, 0.6) is 11.6 Å². The average Bonchev–Trinajstić information content (AvgIpc) is 3.38. The first kappa shape index (κ1) is 19.8. The van der Waals surface area contributed by atoms with Gasteiger partial charge in [-0.2, -0.15) is 0 Å². The minimum atomic E-state index is -1.50. The first-order valence-corrected chi connectivity index (χ1v) is 10.0. The standard InChI is InChI=1S/C21H20N4O4S/c1-22-10-16-6-5-15(30-16)7-8-21(19(27)23-20(28)24-21)12-25-11-13-3-4-14(29-2)9-17(13)18(25)26/h3-6,9,11,22,26H,10,12H2,1-2H3,(H2,23,24,27,28)/t21-/m1/s1. The van der Waals surface area contributed by atoms with Gasteiger partial charge in [0.1, 0.15) is 5.75 Å². The molecule has 2 aromatic heterocycles. The largest absolute Gasteiger partial charge is 0.497 e. The van der Waals surface area contributed by atoms with Gasteiger partial charge >= 0.3 is 6.03 Å². The van der Waals surface area contributed by atoms with Crippen molar-refractivity contribution in [1.29, 1.82) is 0 Å². The number of aromatic hydroxyl groups is 1. The Hall–Kier alpha value is -3.48. The Kier molecular flexibility index (Phi) is 5.11. The predicted molar refractivity (Wildman–Crippen MR) is 114 cm³/mol. The second kappa shape index (κ2) is 7.74. The molecule has 0 bridgehead atoms. The molecule has 4 rings (SSSR count). The Morgan fingerprint density at radius 1 is 1.30 bits per heavy atom. The van der Waals surface area contributed by atoms with E-state index in [1.54, 1.807) is 25.4 Å². The third-order valence-corrected chi connectivity index (χ3v) is 5.83. The van der Waals surface area contributed by atoms with Gasteiger partial charge in [0.25, 0.3) is 5.91 Å². The van der Waals surface area contributed by atoms with Gasteiger partial charge in [-0.1, -0.05) is 11.8 Å². The molecule has 30 heavy (non-hydrogen) atoms. The van der Waals surface area contributed by atoms with Crippen molar-refractivity contribution in [3.8, 4) is 23.5 Å². The first-order valence-electron chi connectivity index (χ1n) is 9.20. The van der Waals surface area contributed by atoms with Crippen LogP contribution in [0.1, 0.15) is 9.75 Å². The van der Waals surface area contributed by atoms with E-state index in [0.29, 0.717) is 11.1 Å². The normalized spacial score (nSPS) is 18.1. The number of nitrogens with one attached hydrogen (secondary N) is 3. The van der Waals surface area contributed by atoms with Crippen molar-refractivity contribution in [1.82, 2.24) is 20.5 Å². The van der Waals surface area contributed by atoms with E-state index >= 15 is 0 Å². The molecule has 3 amide bonds. The minimum Gasteiger partial charge on any atom is -0.497 e. The number of nitrogens with zero attached hydrogens (tertiary/aromatic N) is 1. The fourth-order valence-electron chi connectivity index (χ4n) is 3.34. The molecule has 1 saturated heterocycles. The van der Waals surface area contributed by atoms with Crippen molar-refractivity contribution in [3.05, 3.63) is 46.3 Å². The Balaban J connectivity index is 1.71. The van der Waals surface area contributed by atoms with Crippen LogP contribution in [0.3, 0.4) is 0 Å². The number of aromatic nitrogens is 1. The summed E-state index contributed by atoms with van der Waals surface area (Å²) in [6.45, 7) is 0.678. The van der Waals surface area contributed by atoms with Crippen LogP contribution in [0.15, 0.2) is 36.5 Å². The summed E-state index contributed by atoms with van der Waals surface area (Å²) in [6, 6.07) is 8.52. The Labute approximate surface area is 176 Å². The molecule has 3 aromatic rings. The number of hydrogen-bond donors (Lipinski definition) is 4. The first-order chi connectivity index (χ1) is 14.4. The second-order valence-corrected chi connectivity index (χ2v) is 8.06. The van der Waals surface area contributed by atoms with Gasteiger partial charge in [0.2, 0.25) is 5.54 Å². The fraction of sp³-hybridized carbons (Fsp3) is 0.238. The summed E-state index contributed by atoms with van der Waals surface area (Å²) >= 11 is 1.51. The van der Waals surface area contributed by atoms with Gasteiger partial charge in [0.05, 0.1) is 18.5 Å². The SMILES string of the molecule is CNCc1ccc(C#C[C@]2(Cn3cc4ccc(OC)cc4c3O)NC(=O)NC2=O)s1. The molecule has 1 atom stereocenters. The number of benzene rings is 1. The smallest absolute Gasteiger partial charge is 0.323 e. The number of carbonyl (C=O) groups excluding carboxylic acids is 2. The van der Waals surface area contributed by atoms with E-state index in [4.69, 9.17) is 4.74 Å². The van der Waals surface area contributed by atoms with E-state index in [9.17, 15) is 14.7 Å². The number of thiophene rings is 1. The van der Waals surface area contributed by atoms with Gasteiger partial charge < -0.3 is 25.0 Å². The lowest BCUT2D eigenvalue weighted by Gasteiger charge is -2.20. The van der Waals surface area contributed by atoms with Gasteiger partial charge in [-0.15, -0.1) is 11.3 Å². The van der Waals surface area contributed by atoms with Crippen molar-refractivity contribution in [3.63, 3.8) is 0 Å². The zero-order valence-corrected chi connectivity index (χ0v) is 17.2. The number of rotatable bonds is 5. The maximum Gasteiger partial charge on any atom is 0.323 e. The lowest BCUT2D eigenvalue weighted by molar-refractivity contribution is -0.122. The minimum absolute atomic E-state index is 0.0357. The quantitative estimate of drug-likeness (QED) is 0.369. The highest BCUT2D eigenvalue weighted by molar-refractivity contribution is 7.12. The number of methoxy groups -OCH3 is 1. The average molecular weight is 424 g/mol. The summed E-state index contributed by atoms with van der Waals surface area (Å²) in [5, 5.41) is 20.0. The number of amides is 3. The molecule has 0 spiro atoms. The summed E-state index contributed by atoms with van der Waals surface area (Å²) in [5.74, 6) is 5.94. The topological polar surface area (TPSA) is 105 Å². The monoisotopic (exact) mass is 424 g/mol. The Morgan fingerprint density at radius 3 is 2.83 bits per heavy atom. The molecule has 8 nitrogen and oxygen atoms in total. The summed E-state index contributed by atoms with van der Waals surface area (Å²) in [5.41, 5.74) is -1.50. The maximum absolute atomic E-state index is 12.6. The van der Waals surface area contributed by atoms with E-state index in [1.165, 1.54) is 15.9 Å². The molecule has 0 radical (unpaired) electrons. The number of carbonyl (C=O) groups is 2. The molecule has 0 aliphatic carbocycles. The third-order valence-electron chi connectivity index (χ3n) is 4.83. The molecular weight excluding hydrogens is 404 g/mol. The number of ether oxygens (including phenoxy) is 1. The molecule has 0 unspecified atom stereocenters. The van der Waals surface area contributed by atoms with Gasteiger partial charge in [-0.05, 0) is 37.4 Å². The van der Waals surface area contributed by atoms with Crippen molar-refractivity contribution in [2.24, 2.45) is 0 Å². The Morgan fingerprint density at radius 2 is 2.13 bits per heavy atom.